The molecule has 1 saturated carbocycles. The van der Waals surface area contributed by atoms with Gasteiger partial charge < -0.3 is 15.4 Å². The lowest BCUT2D eigenvalue weighted by molar-refractivity contribution is 0.116. The molecule has 1 spiro atoms. The molecule has 0 unspecified atom stereocenters. The van der Waals surface area contributed by atoms with E-state index in [1.54, 1.807) is 0 Å². The van der Waals surface area contributed by atoms with Gasteiger partial charge in [-0.05, 0) is 56.2 Å². The Morgan fingerprint density at radius 2 is 1.73 bits per heavy atom. The average molecular weight is 380 g/mol. The van der Waals surface area contributed by atoms with Crippen LogP contribution >= 0.6 is 12.4 Å². The number of hydrogen-bond donors (Lipinski definition) is 2. The van der Waals surface area contributed by atoms with Crippen LogP contribution in [0.15, 0.2) is 24.3 Å². The molecule has 0 amide bonds. The minimum Gasteiger partial charge on any atom is -0.490 e. The first kappa shape index (κ1) is 19.9. The van der Waals surface area contributed by atoms with Crippen LogP contribution in [0, 0.1) is 0 Å². The first-order chi connectivity index (χ1) is 12.3. The van der Waals surface area contributed by atoms with Crippen molar-refractivity contribution in [1.82, 2.24) is 15.5 Å². The third-order valence-corrected chi connectivity index (χ3v) is 6.26. The fraction of sp³-hybridized carbons (Fsp3) is 0.714. The average Bonchev–Trinajstić information content (AvgIpc) is 2.67. The van der Waals surface area contributed by atoms with Crippen molar-refractivity contribution < 1.29 is 4.74 Å². The number of halogens is 1. The van der Waals surface area contributed by atoms with Gasteiger partial charge in [-0.25, -0.2) is 0 Å². The predicted molar refractivity (Wildman–Crippen MR) is 109 cm³/mol. The molecular weight excluding hydrogens is 346 g/mol. The summed E-state index contributed by atoms with van der Waals surface area (Å²) in [6.45, 7) is 6.80. The SMILES string of the molecule is Cl.c1cc(OC2CCCCC2)ccc1CN1CCC2(CC1)CNCCN2. The van der Waals surface area contributed by atoms with Gasteiger partial charge in [0.05, 0.1) is 6.10 Å². The van der Waals surface area contributed by atoms with Gasteiger partial charge in [-0.2, -0.15) is 0 Å². The topological polar surface area (TPSA) is 36.5 Å². The van der Waals surface area contributed by atoms with E-state index in [1.807, 2.05) is 0 Å². The number of piperazine rings is 1. The molecule has 1 aromatic rings. The van der Waals surface area contributed by atoms with Crippen LogP contribution in [0.4, 0.5) is 0 Å². The van der Waals surface area contributed by atoms with E-state index in [9.17, 15) is 0 Å². The van der Waals surface area contributed by atoms with Gasteiger partial charge in [0.15, 0.2) is 0 Å². The van der Waals surface area contributed by atoms with E-state index in [4.69, 9.17) is 4.74 Å². The maximum Gasteiger partial charge on any atom is 0.119 e. The molecule has 0 atom stereocenters. The molecule has 2 saturated heterocycles. The van der Waals surface area contributed by atoms with Crippen molar-refractivity contribution in [3.05, 3.63) is 29.8 Å². The smallest absolute Gasteiger partial charge is 0.119 e. The highest BCUT2D eigenvalue weighted by molar-refractivity contribution is 5.85. The predicted octanol–water partition coefficient (Wildman–Crippen LogP) is 3.35. The molecular formula is C21H34ClN3O. The fourth-order valence-electron chi connectivity index (χ4n) is 4.61. The number of ether oxygens (including phenoxy) is 1. The van der Waals surface area contributed by atoms with E-state index in [2.05, 4.69) is 39.8 Å². The number of hydrogen-bond acceptors (Lipinski definition) is 4. The first-order valence-electron chi connectivity index (χ1n) is 10.3. The Labute approximate surface area is 164 Å². The number of benzene rings is 1. The molecule has 3 aliphatic rings. The van der Waals surface area contributed by atoms with E-state index in [-0.39, 0.29) is 12.4 Å². The van der Waals surface area contributed by atoms with Crippen LogP contribution in [0.3, 0.4) is 0 Å². The van der Waals surface area contributed by atoms with Gasteiger partial charge in [0.25, 0.3) is 0 Å². The lowest BCUT2D eigenvalue weighted by atomic mass is 9.86. The largest absolute Gasteiger partial charge is 0.490 e. The Kier molecular flexibility index (Phi) is 7.21. The standard InChI is InChI=1S/C21H33N3O.ClH/c1-2-4-19(5-3-1)25-20-8-6-18(7-9-20)16-24-14-10-21(11-15-24)17-22-12-13-23-21;/h6-9,19,22-23H,1-5,10-17H2;1H. The van der Waals surface area contributed by atoms with Gasteiger partial charge in [-0.1, -0.05) is 18.6 Å². The van der Waals surface area contributed by atoms with Gasteiger partial charge in [0.2, 0.25) is 0 Å². The van der Waals surface area contributed by atoms with Crippen molar-refractivity contribution in [2.45, 2.75) is 63.1 Å². The number of piperidine rings is 1. The normalized spacial score (nSPS) is 24.2. The zero-order valence-corrected chi connectivity index (χ0v) is 16.7. The summed E-state index contributed by atoms with van der Waals surface area (Å²) >= 11 is 0. The van der Waals surface area contributed by atoms with E-state index in [0.29, 0.717) is 11.6 Å². The summed E-state index contributed by atoms with van der Waals surface area (Å²) < 4.78 is 6.15. The summed E-state index contributed by atoms with van der Waals surface area (Å²) in [5.41, 5.74) is 1.76. The zero-order valence-electron chi connectivity index (χ0n) is 15.8. The quantitative estimate of drug-likeness (QED) is 0.841. The number of nitrogens with one attached hydrogen (secondary N) is 2. The van der Waals surface area contributed by atoms with Crippen molar-refractivity contribution in [2.75, 3.05) is 32.7 Å². The first-order valence-corrected chi connectivity index (χ1v) is 10.3. The van der Waals surface area contributed by atoms with E-state index in [0.717, 1.165) is 31.9 Å². The molecule has 0 aromatic heterocycles. The van der Waals surface area contributed by atoms with Gasteiger partial charge in [0, 0.05) is 44.8 Å². The molecule has 3 fully saturated rings. The molecule has 1 aliphatic carbocycles. The highest BCUT2D eigenvalue weighted by Crippen LogP contribution is 2.26. The third kappa shape index (κ3) is 5.13. The number of rotatable bonds is 4. The second-order valence-electron chi connectivity index (χ2n) is 8.18. The number of nitrogens with zero attached hydrogens (tertiary/aromatic N) is 1. The van der Waals surface area contributed by atoms with Gasteiger partial charge in [-0.3, -0.25) is 4.90 Å². The van der Waals surface area contributed by atoms with Crippen LogP contribution in [-0.4, -0.2) is 49.3 Å². The minimum absolute atomic E-state index is 0. The van der Waals surface area contributed by atoms with E-state index in [1.165, 1.54) is 63.6 Å². The van der Waals surface area contributed by atoms with Gasteiger partial charge in [0.1, 0.15) is 5.75 Å². The van der Waals surface area contributed by atoms with Gasteiger partial charge >= 0.3 is 0 Å². The second-order valence-corrected chi connectivity index (χ2v) is 8.18. The Morgan fingerprint density at radius 1 is 1.00 bits per heavy atom. The Hall–Kier alpha value is -0.810. The molecule has 0 radical (unpaired) electrons. The van der Waals surface area contributed by atoms with Crippen LogP contribution in [0.2, 0.25) is 0 Å². The van der Waals surface area contributed by atoms with Crippen LogP contribution in [-0.2, 0) is 6.54 Å². The number of likely N-dealkylation sites (tertiary alicyclic amines) is 1. The summed E-state index contributed by atoms with van der Waals surface area (Å²) in [5.74, 6) is 1.05. The summed E-state index contributed by atoms with van der Waals surface area (Å²) in [4.78, 5) is 2.60. The summed E-state index contributed by atoms with van der Waals surface area (Å²) in [7, 11) is 0. The van der Waals surface area contributed by atoms with Crippen molar-refractivity contribution in [1.29, 1.82) is 0 Å². The van der Waals surface area contributed by atoms with Crippen LogP contribution in [0.5, 0.6) is 5.75 Å². The Morgan fingerprint density at radius 3 is 2.38 bits per heavy atom. The molecule has 2 heterocycles. The molecule has 5 heteroatoms. The van der Waals surface area contributed by atoms with Crippen molar-refractivity contribution in [3.8, 4) is 5.75 Å². The highest BCUT2D eigenvalue weighted by Gasteiger charge is 2.35. The van der Waals surface area contributed by atoms with Crippen LogP contribution < -0.4 is 15.4 Å². The fourth-order valence-corrected chi connectivity index (χ4v) is 4.61. The highest BCUT2D eigenvalue weighted by atomic mass is 35.5. The molecule has 0 bridgehead atoms. The molecule has 2 N–H and O–H groups in total. The second kappa shape index (κ2) is 9.41. The van der Waals surface area contributed by atoms with Crippen LogP contribution in [0.1, 0.15) is 50.5 Å². The summed E-state index contributed by atoms with van der Waals surface area (Å²) in [5, 5.41) is 7.31. The van der Waals surface area contributed by atoms with Crippen molar-refractivity contribution in [2.24, 2.45) is 0 Å². The Balaban J connectivity index is 0.00000196. The van der Waals surface area contributed by atoms with E-state index < -0.39 is 0 Å². The van der Waals surface area contributed by atoms with Crippen LogP contribution in [0.25, 0.3) is 0 Å². The summed E-state index contributed by atoms with van der Waals surface area (Å²) in [6.07, 6.45) is 9.41. The molecule has 4 nitrogen and oxygen atoms in total. The van der Waals surface area contributed by atoms with Gasteiger partial charge in [-0.15, -0.1) is 12.4 Å². The molecule has 146 valence electrons. The van der Waals surface area contributed by atoms with E-state index >= 15 is 0 Å². The lowest BCUT2D eigenvalue weighted by Crippen LogP contribution is -2.63. The maximum atomic E-state index is 6.15. The monoisotopic (exact) mass is 379 g/mol. The lowest BCUT2D eigenvalue weighted by Gasteiger charge is -2.45. The molecule has 26 heavy (non-hydrogen) atoms. The molecule has 1 aromatic carbocycles. The van der Waals surface area contributed by atoms with Crippen molar-refractivity contribution in [3.63, 3.8) is 0 Å². The molecule has 2 aliphatic heterocycles. The minimum atomic E-state index is 0. The maximum absolute atomic E-state index is 6.15. The third-order valence-electron chi connectivity index (χ3n) is 6.26. The summed E-state index contributed by atoms with van der Waals surface area (Å²) in [6, 6.07) is 8.84. The zero-order chi connectivity index (χ0) is 17.0. The molecule has 4 rings (SSSR count). The Bertz CT molecular complexity index is 529. The van der Waals surface area contributed by atoms with Crippen molar-refractivity contribution >= 4 is 12.4 Å².